The van der Waals surface area contributed by atoms with Crippen LogP contribution in [0.2, 0.25) is 0 Å². The van der Waals surface area contributed by atoms with Gasteiger partial charge in [-0.15, -0.1) is 0 Å². The largest absolute Gasteiger partial charge is 0.295 e. The minimum atomic E-state index is 0. The van der Waals surface area contributed by atoms with Gasteiger partial charge in [-0.2, -0.15) is 18.6 Å². The molecule has 6 heteroatoms. The fourth-order valence-corrected chi connectivity index (χ4v) is 2.27. The van der Waals surface area contributed by atoms with Crippen LogP contribution in [0.5, 0.6) is 0 Å². The van der Waals surface area contributed by atoms with Crippen LogP contribution in [0.15, 0.2) is 28.7 Å². The molecule has 0 aliphatic carbocycles. The molecule has 1 aliphatic heterocycles. The molecule has 17 heavy (non-hydrogen) atoms. The highest BCUT2D eigenvalue weighted by atomic mass is 79.9. The molecule has 2 rings (SSSR count). The third-order valence-corrected chi connectivity index (χ3v) is 3.91. The predicted octanol–water partition coefficient (Wildman–Crippen LogP) is 3.59. The Bertz CT molecular complexity index is 350. The third-order valence-electron chi connectivity index (χ3n) is 2.69. The zero-order chi connectivity index (χ0) is 11.5. The van der Waals surface area contributed by atoms with Gasteiger partial charge in [-0.25, -0.2) is 4.28 Å². The highest BCUT2D eigenvalue weighted by Gasteiger charge is 2.25. The second-order valence-electron chi connectivity index (χ2n) is 3.90. The second-order valence-corrected chi connectivity index (χ2v) is 5.66. The van der Waals surface area contributed by atoms with Gasteiger partial charge in [0, 0.05) is 29.8 Å². The Balaban J connectivity index is 0.00000144. The monoisotopic (exact) mass is 336 g/mol. The van der Waals surface area contributed by atoms with Crippen molar-refractivity contribution in [3.05, 3.63) is 28.7 Å². The average molecular weight is 337 g/mol. The van der Waals surface area contributed by atoms with E-state index in [1.807, 2.05) is 28.5 Å². The summed E-state index contributed by atoms with van der Waals surface area (Å²) in [5, 5.41) is 2.00. The van der Waals surface area contributed by atoms with Gasteiger partial charge in [0.05, 0.1) is 0 Å². The van der Waals surface area contributed by atoms with Crippen molar-refractivity contribution < 1.29 is 4.28 Å². The summed E-state index contributed by atoms with van der Waals surface area (Å²) in [6.45, 7) is 3.20. The van der Waals surface area contributed by atoms with Gasteiger partial charge in [0.1, 0.15) is 12.2 Å². The number of rotatable bonds is 4. The molecule has 0 radical (unpaired) electrons. The van der Waals surface area contributed by atoms with Gasteiger partial charge in [-0.1, -0.05) is 15.9 Å². The van der Waals surface area contributed by atoms with Crippen molar-refractivity contribution >= 4 is 47.3 Å². The molecule has 1 aliphatic rings. The Labute approximate surface area is 122 Å². The Morgan fingerprint density at radius 1 is 1.41 bits per heavy atom. The van der Waals surface area contributed by atoms with E-state index in [-0.39, 0.29) is 13.5 Å². The van der Waals surface area contributed by atoms with Crippen LogP contribution in [0.4, 0.5) is 5.69 Å². The third kappa shape index (κ3) is 4.06. The SMILES string of the molecule is CC1CCN1OSN(C)c1ccc(Br)cc1.S. The average Bonchev–Trinajstić information content (AvgIpc) is 2.28. The Hall–Kier alpha value is 0.120. The van der Waals surface area contributed by atoms with E-state index >= 15 is 0 Å². The first-order valence-corrected chi connectivity index (χ1v) is 6.76. The van der Waals surface area contributed by atoms with Crippen LogP contribution >= 0.6 is 41.7 Å². The molecule has 1 aromatic rings. The quantitative estimate of drug-likeness (QED) is 0.616. The molecule has 1 atom stereocenters. The molecule has 96 valence electrons. The highest BCUT2D eigenvalue weighted by molar-refractivity contribution is 9.10. The molecular weight excluding hydrogens is 320 g/mol. The van der Waals surface area contributed by atoms with Crippen LogP contribution in [-0.4, -0.2) is 24.7 Å². The molecule has 0 spiro atoms. The van der Waals surface area contributed by atoms with E-state index in [4.69, 9.17) is 4.28 Å². The lowest BCUT2D eigenvalue weighted by atomic mass is 10.1. The van der Waals surface area contributed by atoms with Crippen LogP contribution in [0.25, 0.3) is 0 Å². The van der Waals surface area contributed by atoms with Crippen molar-refractivity contribution in [1.29, 1.82) is 0 Å². The topological polar surface area (TPSA) is 15.7 Å². The van der Waals surface area contributed by atoms with Gasteiger partial charge < -0.3 is 0 Å². The van der Waals surface area contributed by atoms with Crippen LogP contribution < -0.4 is 4.31 Å². The Kier molecular flexibility index (Phi) is 6.16. The highest BCUT2D eigenvalue weighted by Crippen LogP contribution is 2.27. The summed E-state index contributed by atoms with van der Waals surface area (Å²) in [6.07, 6.45) is 1.22. The minimum Gasteiger partial charge on any atom is -0.295 e. The molecule has 0 amide bonds. The van der Waals surface area contributed by atoms with E-state index in [0.29, 0.717) is 6.04 Å². The number of hydrogen-bond donors (Lipinski definition) is 0. The van der Waals surface area contributed by atoms with Crippen LogP contribution in [0.1, 0.15) is 13.3 Å². The van der Waals surface area contributed by atoms with Crippen molar-refractivity contribution in [2.75, 3.05) is 17.9 Å². The number of nitrogens with zero attached hydrogens (tertiary/aromatic N) is 2. The van der Waals surface area contributed by atoms with Gasteiger partial charge in [-0.3, -0.25) is 4.31 Å². The molecule has 0 bridgehead atoms. The number of benzene rings is 1. The molecule has 0 saturated carbocycles. The molecule has 1 aromatic carbocycles. The summed E-state index contributed by atoms with van der Waals surface area (Å²) in [5.41, 5.74) is 1.13. The Morgan fingerprint density at radius 3 is 2.53 bits per heavy atom. The zero-order valence-electron chi connectivity index (χ0n) is 9.89. The van der Waals surface area contributed by atoms with Crippen LogP contribution in [0, 0.1) is 0 Å². The molecule has 0 N–H and O–H groups in total. The summed E-state index contributed by atoms with van der Waals surface area (Å²) in [4.78, 5) is 0. The molecule has 1 unspecified atom stereocenters. The molecule has 1 saturated heterocycles. The summed E-state index contributed by atoms with van der Waals surface area (Å²) in [6, 6.07) is 8.71. The lowest BCUT2D eigenvalue weighted by molar-refractivity contribution is -0.132. The molecule has 1 fully saturated rings. The normalized spacial score (nSPS) is 19.4. The number of hydrogen-bond acceptors (Lipinski definition) is 4. The number of hydroxylamine groups is 2. The molecule has 1 heterocycles. The fraction of sp³-hybridized carbons (Fsp3) is 0.455. The van der Waals surface area contributed by atoms with Crippen molar-refractivity contribution in [3.8, 4) is 0 Å². The lowest BCUT2D eigenvalue weighted by Gasteiger charge is -2.36. The first-order valence-electron chi connectivity index (χ1n) is 5.27. The first kappa shape index (κ1) is 15.2. The van der Waals surface area contributed by atoms with E-state index in [1.165, 1.54) is 18.6 Å². The van der Waals surface area contributed by atoms with E-state index < -0.39 is 0 Å². The summed E-state index contributed by atoms with van der Waals surface area (Å²) >= 11 is 4.79. The van der Waals surface area contributed by atoms with Crippen molar-refractivity contribution in [3.63, 3.8) is 0 Å². The van der Waals surface area contributed by atoms with Crippen molar-refractivity contribution in [2.45, 2.75) is 19.4 Å². The maximum absolute atomic E-state index is 5.60. The maximum Gasteiger partial charge on any atom is 0.135 e. The number of halogens is 1. The van der Waals surface area contributed by atoms with Crippen molar-refractivity contribution in [1.82, 2.24) is 5.06 Å². The van der Waals surface area contributed by atoms with E-state index in [9.17, 15) is 0 Å². The zero-order valence-corrected chi connectivity index (χ0v) is 13.3. The van der Waals surface area contributed by atoms with Gasteiger partial charge in [0.25, 0.3) is 0 Å². The van der Waals surface area contributed by atoms with E-state index in [2.05, 4.69) is 35.0 Å². The first-order chi connectivity index (χ1) is 7.66. The molecule has 0 aromatic heterocycles. The Morgan fingerprint density at radius 2 is 2.06 bits per heavy atom. The van der Waals surface area contributed by atoms with E-state index in [1.54, 1.807) is 0 Å². The standard InChI is InChI=1S/C11H15BrN2OS.H2S/c1-9-7-8-14(9)15-16-13(2)11-5-3-10(12)4-6-11;/h3-6,9H,7-8H2,1-2H3;1H2. The second kappa shape index (κ2) is 6.89. The molecular formula is C11H17BrN2OS2. The van der Waals surface area contributed by atoms with Crippen LogP contribution in [-0.2, 0) is 4.28 Å². The van der Waals surface area contributed by atoms with Crippen LogP contribution in [0.3, 0.4) is 0 Å². The van der Waals surface area contributed by atoms with Gasteiger partial charge in [0.2, 0.25) is 0 Å². The molecule has 3 nitrogen and oxygen atoms in total. The summed E-state index contributed by atoms with van der Waals surface area (Å²) in [5.74, 6) is 0. The van der Waals surface area contributed by atoms with E-state index in [0.717, 1.165) is 16.7 Å². The van der Waals surface area contributed by atoms with Crippen molar-refractivity contribution in [2.24, 2.45) is 0 Å². The fourth-order valence-electron chi connectivity index (χ4n) is 1.39. The lowest BCUT2D eigenvalue weighted by Crippen LogP contribution is -2.44. The predicted molar refractivity (Wildman–Crippen MR) is 82.4 cm³/mol. The minimum absolute atomic E-state index is 0. The maximum atomic E-state index is 5.60. The summed E-state index contributed by atoms with van der Waals surface area (Å²) < 4.78 is 8.70. The summed E-state index contributed by atoms with van der Waals surface area (Å²) in [7, 11) is 2.00. The smallest absolute Gasteiger partial charge is 0.135 e. The van der Waals surface area contributed by atoms with Gasteiger partial charge in [-0.05, 0) is 37.6 Å². The van der Waals surface area contributed by atoms with Gasteiger partial charge in [0.15, 0.2) is 0 Å². The number of anilines is 1. The van der Waals surface area contributed by atoms with Gasteiger partial charge >= 0.3 is 0 Å².